The molecule has 0 aliphatic rings. The minimum absolute atomic E-state index is 0.0886. The molecule has 0 aromatic rings. The number of allylic oxidation sites excluding steroid dienone is 18. The molecule has 87 heavy (non-hydrogen) atoms. The van der Waals surface area contributed by atoms with Gasteiger partial charge in [-0.15, -0.1) is 0 Å². The average Bonchev–Trinajstić information content (AvgIpc) is 3.59. The highest BCUT2D eigenvalue weighted by atomic mass is 31.2. The second-order valence-corrected chi connectivity index (χ2v) is 24.7. The maximum absolute atomic E-state index is 12.9. The van der Waals surface area contributed by atoms with Gasteiger partial charge in [0.15, 0.2) is 6.10 Å². The Labute approximate surface area is 526 Å². The van der Waals surface area contributed by atoms with Crippen molar-refractivity contribution in [3.8, 4) is 0 Å². The Morgan fingerprint density at radius 2 is 0.575 bits per heavy atom. The second-order valence-electron chi connectivity index (χ2n) is 21.8. The highest BCUT2D eigenvalue weighted by Gasteiger charge is 2.29. The first-order valence-electron chi connectivity index (χ1n) is 33.2. The molecule has 4 N–H and O–H groups in total. The van der Waals surface area contributed by atoms with Crippen molar-refractivity contribution in [2.24, 2.45) is 0 Å². The fourth-order valence-electron chi connectivity index (χ4n) is 8.50. The molecule has 0 radical (unpaired) electrons. The molecule has 0 aliphatic carbocycles. The number of phosphoric ester groups is 2. The molecule has 5 atom stereocenters. The summed E-state index contributed by atoms with van der Waals surface area (Å²) in [5.41, 5.74) is 0. The van der Waals surface area contributed by atoms with Crippen LogP contribution in [0.2, 0.25) is 0 Å². The Balaban J connectivity index is 4.74. The van der Waals surface area contributed by atoms with Gasteiger partial charge in [0.05, 0.1) is 26.4 Å². The normalized spacial score (nSPS) is 15.0. The van der Waals surface area contributed by atoms with Crippen molar-refractivity contribution in [3.05, 3.63) is 109 Å². The first kappa shape index (κ1) is 83.2. The number of ether oxygens (including phenoxy) is 3. The van der Waals surface area contributed by atoms with Crippen molar-refractivity contribution < 1.29 is 75.8 Å². The van der Waals surface area contributed by atoms with Crippen molar-refractivity contribution in [2.75, 3.05) is 39.6 Å². The molecule has 0 fully saturated rings. The molecule has 0 amide bonds. The third kappa shape index (κ3) is 63.6. The summed E-state index contributed by atoms with van der Waals surface area (Å²) in [5.74, 6) is -1.61. The van der Waals surface area contributed by atoms with Crippen LogP contribution >= 0.6 is 15.6 Å². The van der Waals surface area contributed by atoms with Gasteiger partial charge in [-0.1, -0.05) is 226 Å². The number of aliphatic hydroxyl groups excluding tert-OH is 2. The van der Waals surface area contributed by atoms with Gasteiger partial charge in [-0.05, 0) is 116 Å². The summed E-state index contributed by atoms with van der Waals surface area (Å²) in [7, 11) is -9.78. The van der Waals surface area contributed by atoms with E-state index in [2.05, 4.69) is 130 Å². The molecule has 0 heterocycles. The molecule has 0 aromatic carbocycles. The number of rotatable bonds is 62. The highest BCUT2D eigenvalue weighted by Crippen LogP contribution is 2.45. The SMILES string of the molecule is CC/C=C\C/C=C\C/C=C\CCCCCCCCCC(=O)OCC(O)COP(=O)(O)OCC(O)COP(=O)(O)OCC(COC(=O)CCCCCCCCC/C=C\C/C=C\C/C=C\CC)OC(=O)CCCCCCCCC/C=C\C/C=C\C/C=C\CC. The van der Waals surface area contributed by atoms with Crippen molar-refractivity contribution >= 4 is 33.6 Å². The molecule has 5 unspecified atom stereocenters. The van der Waals surface area contributed by atoms with Crippen LogP contribution in [-0.2, 0) is 55.8 Å². The molecule has 0 aromatic heterocycles. The number of esters is 3. The average molecular weight is 1270 g/mol. The zero-order valence-electron chi connectivity index (χ0n) is 53.9. The van der Waals surface area contributed by atoms with Gasteiger partial charge in [-0.25, -0.2) is 9.13 Å². The van der Waals surface area contributed by atoms with E-state index in [0.29, 0.717) is 19.3 Å². The Kier molecular flexibility index (Phi) is 59.7. The predicted octanol–water partition coefficient (Wildman–Crippen LogP) is 18.1. The molecule has 0 saturated carbocycles. The zero-order chi connectivity index (χ0) is 63.8. The molecular formula is C69H118O16P2. The first-order chi connectivity index (χ1) is 42.2. The number of hydrogen-bond acceptors (Lipinski definition) is 14. The monoisotopic (exact) mass is 1260 g/mol. The van der Waals surface area contributed by atoms with Crippen LogP contribution in [0.15, 0.2) is 109 Å². The molecular weight excluding hydrogens is 1150 g/mol. The number of aliphatic hydroxyl groups is 2. The molecule has 0 saturated heterocycles. The van der Waals surface area contributed by atoms with Crippen LogP contribution in [-0.4, -0.2) is 95.9 Å². The standard InChI is InChI=1S/C69H118O16P2/c1-4-7-10-13-16-19-22-25-28-31-34-37-40-43-46-49-52-55-67(72)79-58-64(70)59-81-86(75,76)82-60-65(71)61-83-87(77,78)84-63-66(85-69(74)57-54-51-48-45-42-39-36-33-30-27-24-21-18-15-12-9-6-3)62-80-68(73)56-53-50-47-44-41-38-35-32-29-26-23-20-17-14-11-8-5-2/h7-12,16-21,25-30,64-66,70-71H,4-6,13-15,22-24,31-63H2,1-3H3,(H,75,76)(H,77,78)/b10-7-,11-8-,12-9-,19-16-,20-17-,21-18-,28-25-,29-26-,30-27-. The van der Waals surface area contributed by atoms with Gasteiger partial charge in [0.25, 0.3) is 0 Å². The lowest BCUT2D eigenvalue weighted by atomic mass is 10.1. The summed E-state index contributed by atoms with van der Waals surface area (Å²) in [6.07, 6.45) is 68.5. The third-order valence-corrected chi connectivity index (χ3v) is 15.4. The Morgan fingerprint density at radius 3 is 0.908 bits per heavy atom. The van der Waals surface area contributed by atoms with Crippen LogP contribution in [0.5, 0.6) is 0 Å². The Hall–Kier alpha value is -3.79. The largest absolute Gasteiger partial charge is 0.472 e. The second kappa shape index (κ2) is 62.4. The molecule has 0 bridgehead atoms. The van der Waals surface area contributed by atoms with E-state index in [0.717, 1.165) is 193 Å². The van der Waals surface area contributed by atoms with Crippen LogP contribution in [0, 0.1) is 0 Å². The van der Waals surface area contributed by atoms with E-state index in [-0.39, 0.29) is 19.3 Å². The van der Waals surface area contributed by atoms with Gasteiger partial charge >= 0.3 is 33.6 Å². The maximum Gasteiger partial charge on any atom is 0.472 e. The smallest absolute Gasteiger partial charge is 0.463 e. The van der Waals surface area contributed by atoms with Gasteiger partial charge in [-0.3, -0.25) is 32.5 Å². The van der Waals surface area contributed by atoms with E-state index in [1.807, 2.05) is 0 Å². The third-order valence-electron chi connectivity index (χ3n) is 13.5. The molecule has 500 valence electrons. The van der Waals surface area contributed by atoms with Crippen LogP contribution < -0.4 is 0 Å². The van der Waals surface area contributed by atoms with Crippen molar-refractivity contribution in [1.82, 2.24) is 0 Å². The summed E-state index contributed by atoms with van der Waals surface area (Å²) in [5, 5.41) is 20.5. The minimum Gasteiger partial charge on any atom is -0.463 e. The quantitative estimate of drug-likeness (QED) is 0.0146. The van der Waals surface area contributed by atoms with Gasteiger partial charge < -0.3 is 34.2 Å². The van der Waals surface area contributed by atoms with E-state index in [1.165, 1.54) is 0 Å². The lowest BCUT2D eigenvalue weighted by molar-refractivity contribution is -0.161. The van der Waals surface area contributed by atoms with Crippen LogP contribution in [0.4, 0.5) is 0 Å². The number of unbranched alkanes of at least 4 members (excludes halogenated alkanes) is 21. The molecule has 0 rings (SSSR count). The van der Waals surface area contributed by atoms with Crippen molar-refractivity contribution in [1.29, 1.82) is 0 Å². The van der Waals surface area contributed by atoms with Gasteiger partial charge in [0, 0.05) is 19.3 Å². The fraction of sp³-hybridized carbons (Fsp3) is 0.696. The zero-order valence-corrected chi connectivity index (χ0v) is 55.7. The van der Waals surface area contributed by atoms with E-state index < -0.39 is 91.5 Å². The number of hydrogen-bond donors (Lipinski definition) is 4. The molecule has 0 aliphatic heterocycles. The summed E-state index contributed by atoms with van der Waals surface area (Å²) >= 11 is 0. The topological polar surface area (TPSA) is 231 Å². The minimum atomic E-state index is -4.93. The number of phosphoric acid groups is 2. The predicted molar refractivity (Wildman–Crippen MR) is 353 cm³/mol. The van der Waals surface area contributed by atoms with Gasteiger partial charge in [-0.2, -0.15) is 0 Å². The Morgan fingerprint density at radius 1 is 0.322 bits per heavy atom. The first-order valence-corrected chi connectivity index (χ1v) is 36.2. The number of carbonyl (C=O) groups excluding carboxylic acids is 3. The molecule has 16 nitrogen and oxygen atoms in total. The van der Waals surface area contributed by atoms with Crippen molar-refractivity contribution in [2.45, 2.75) is 270 Å². The molecule has 0 spiro atoms. The van der Waals surface area contributed by atoms with Crippen LogP contribution in [0.3, 0.4) is 0 Å². The van der Waals surface area contributed by atoms with Crippen LogP contribution in [0.1, 0.15) is 252 Å². The van der Waals surface area contributed by atoms with E-state index in [4.69, 9.17) is 32.3 Å². The lowest BCUT2D eigenvalue weighted by Gasteiger charge is -2.21. The summed E-state index contributed by atoms with van der Waals surface area (Å²) < 4.78 is 60.8. The summed E-state index contributed by atoms with van der Waals surface area (Å²) in [6, 6.07) is 0. The van der Waals surface area contributed by atoms with Crippen LogP contribution in [0.25, 0.3) is 0 Å². The number of carbonyl (C=O) groups is 3. The summed E-state index contributed by atoms with van der Waals surface area (Å²) in [6.45, 7) is 2.30. The summed E-state index contributed by atoms with van der Waals surface area (Å²) in [4.78, 5) is 58.4. The lowest BCUT2D eigenvalue weighted by Crippen LogP contribution is -2.30. The van der Waals surface area contributed by atoms with E-state index in [1.54, 1.807) is 0 Å². The van der Waals surface area contributed by atoms with Gasteiger partial charge in [0.2, 0.25) is 0 Å². The van der Waals surface area contributed by atoms with E-state index in [9.17, 15) is 43.5 Å². The molecule has 18 heteroatoms. The fourth-order valence-corrected chi connectivity index (χ4v) is 10.1. The van der Waals surface area contributed by atoms with Crippen molar-refractivity contribution in [3.63, 3.8) is 0 Å². The Bertz CT molecular complexity index is 2030. The maximum atomic E-state index is 12.9. The highest BCUT2D eigenvalue weighted by molar-refractivity contribution is 7.47. The van der Waals surface area contributed by atoms with Gasteiger partial charge in [0.1, 0.15) is 25.4 Å². The van der Waals surface area contributed by atoms with E-state index >= 15 is 0 Å².